The van der Waals surface area contributed by atoms with Gasteiger partial charge < -0.3 is 0 Å². The van der Waals surface area contributed by atoms with Crippen LogP contribution in [0.1, 0.15) is 20.3 Å². The fourth-order valence-electron chi connectivity index (χ4n) is 1.04. The van der Waals surface area contributed by atoms with Gasteiger partial charge in [-0.3, -0.25) is 0 Å². The molecule has 0 spiro atoms. The molecule has 1 rings (SSSR count). The lowest BCUT2D eigenvalue weighted by Gasteiger charge is -2.11. The van der Waals surface area contributed by atoms with Crippen LogP contribution >= 0.6 is 0 Å². The summed E-state index contributed by atoms with van der Waals surface area (Å²) in [7, 11) is 0. The van der Waals surface area contributed by atoms with Crippen molar-refractivity contribution in [3.05, 3.63) is 23.6 Å². The van der Waals surface area contributed by atoms with Gasteiger partial charge in [0.1, 0.15) is 5.83 Å². The maximum atomic E-state index is 12.5. The zero-order chi connectivity index (χ0) is 6.85. The highest BCUT2D eigenvalue weighted by Gasteiger charge is 2.07. The van der Waals surface area contributed by atoms with Crippen LogP contribution in [0, 0.1) is 5.92 Å². The molecule has 0 unspecified atom stereocenters. The predicted octanol–water partition coefficient (Wildman–Crippen LogP) is 2.83. The maximum absolute atomic E-state index is 12.5. The summed E-state index contributed by atoms with van der Waals surface area (Å²) < 4.78 is 12.5. The van der Waals surface area contributed by atoms with E-state index in [1.807, 2.05) is 13.0 Å². The van der Waals surface area contributed by atoms with Crippen molar-refractivity contribution >= 4 is 0 Å². The third-order valence-electron chi connectivity index (χ3n) is 1.61. The first-order valence-electron chi connectivity index (χ1n) is 3.23. The Labute approximate surface area is 55.1 Å². The van der Waals surface area contributed by atoms with Gasteiger partial charge >= 0.3 is 0 Å². The van der Waals surface area contributed by atoms with Crippen molar-refractivity contribution in [3.63, 3.8) is 0 Å². The lowest BCUT2D eigenvalue weighted by atomic mass is 9.97. The molecule has 0 bridgehead atoms. The van der Waals surface area contributed by atoms with E-state index in [0.29, 0.717) is 5.92 Å². The molecule has 0 N–H and O–H groups in total. The molecule has 9 heavy (non-hydrogen) atoms. The first-order valence-corrected chi connectivity index (χ1v) is 3.23. The van der Waals surface area contributed by atoms with Crippen LogP contribution in [0.15, 0.2) is 23.6 Å². The molecule has 0 amide bonds. The van der Waals surface area contributed by atoms with Crippen molar-refractivity contribution in [2.45, 2.75) is 20.3 Å². The van der Waals surface area contributed by atoms with Gasteiger partial charge in [0.2, 0.25) is 0 Å². The van der Waals surface area contributed by atoms with Crippen molar-refractivity contribution in [1.82, 2.24) is 0 Å². The van der Waals surface area contributed by atoms with Crippen LogP contribution in [0.2, 0.25) is 0 Å². The Morgan fingerprint density at radius 3 is 2.78 bits per heavy atom. The van der Waals surface area contributed by atoms with Gasteiger partial charge in [-0.15, -0.1) is 0 Å². The molecule has 1 aliphatic rings. The molecule has 0 saturated carbocycles. The van der Waals surface area contributed by atoms with E-state index in [1.54, 1.807) is 6.08 Å². The summed E-state index contributed by atoms with van der Waals surface area (Å²) in [6.07, 6.45) is 4.34. The molecule has 1 atom stereocenters. The molecule has 0 aromatic rings. The van der Waals surface area contributed by atoms with Crippen molar-refractivity contribution in [3.8, 4) is 0 Å². The highest BCUT2D eigenvalue weighted by molar-refractivity contribution is 5.23. The Bertz CT molecular complexity index is 165. The van der Waals surface area contributed by atoms with Crippen molar-refractivity contribution in [1.29, 1.82) is 0 Å². The van der Waals surface area contributed by atoms with E-state index in [4.69, 9.17) is 0 Å². The number of hydrogen-bond donors (Lipinski definition) is 0. The molecule has 0 radical (unpaired) electrons. The predicted molar refractivity (Wildman–Crippen MR) is 36.7 cm³/mol. The summed E-state index contributed by atoms with van der Waals surface area (Å²) in [5.74, 6) is 0.470. The summed E-state index contributed by atoms with van der Waals surface area (Å²) >= 11 is 0. The average molecular weight is 126 g/mol. The molecule has 0 heterocycles. The molecular weight excluding hydrogens is 115 g/mol. The van der Waals surface area contributed by atoms with Crippen LogP contribution in [0.4, 0.5) is 4.39 Å². The minimum atomic E-state index is -0.0481. The van der Waals surface area contributed by atoms with Gasteiger partial charge in [-0.1, -0.05) is 13.0 Å². The van der Waals surface area contributed by atoms with Gasteiger partial charge in [0.05, 0.1) is 0 Å². The summed E-state index contributed by atoms with van der Waals surface area (Å²) in [5, 5.41) is 0. The van der Waals surface area contributed by atoms with Gasteiger partial charge in [-0.25, -0.2) is 4.39 Å². The third-order valence-corrected chi connectivity index (χ3v) is 1.61. The van der Waals surface area contributed by atoms with Crippen LogP contribution in [-0.2, 0) is 0 Å². The number of rotatable bonds is 0. The Hall–Kier alpha value is -0.590. The molecule has 0 saturated heterocycles. The van der Waals surface area contributed by atoms with Gasteiger partial charge in [-0.2, -0.15) is 0 Å². The van der Waals surface area contributed by atoms with Crippen LogP contribution in [0.25, 0.3) is 0 Å². The Morgan fingerprint density at radius 2 is 2.33 bits per heavy atom. The van der Waals surface area contributed by atoms with Gasteiger partial charge in [0.25, 0.3) is 0 Å². The minimum Gasteiger partial charge on any atom is -0.207 e. The van der Waals surface area contributed by atoms with E-state index < -0.39 is 0 Å². The highest BCUT2D eigenvalue weighted by atomic mass is 19.1. The largest absolute Gasteiger partial charge is 0.207 e. The van der Waals surface area contributed by atoms with Crippen molar-refractivity contribution < 1.29 is 4.39 Å². The molecule has 1 heteroatoms. The standard InChI is InChI=1S/C8H11F/c1-6-3-4-8(9)7(2)5-6/h3-4,6H,5H2,1-2H3/t6-/m0/s1. The summed E-state index contributed by atoms with van der Waals surface area (Å²) in [6, 6.07) is 0. The molecule has 50 valence electrons. The van der Waals surface area contributed by atoms with Crippen molar-refractivity contribution in [2.24, 2.45) is 5.92 Å². The van der Waals surface area contributed by atoms with Gasteiger partial charge in [0, 0.05) is 0 Å². The van der Waals surface area contributed by atoms with E-state index in [2.05, 4.69) is 6.92 Å². The van der Waals surface area contributed by atoms with E-state index in [1.165, 1.54) is 0 Å². The fraction of sp³-hybridized carbons (Fsp3) is 0.500. The Kier molecular flexibility index (Phi) is 1.70. The highest BCUT2D eigenvalue weighted by Crippen LogP contribution is 2.22. The molecule has 0 aromatic carbocycles. The molecule has 0 aliphatic heterocycles. The van der Waals surface area contributed by atoms with Gasteiger partial charge in [-0.05, 0) is 30.9 Å². The van der Waals surface area contributed by atoms with E-state index in [0.717, 1.165) is 12.0 Å². The number of halogens is 1. The minimum absolute atomic E-state index is 0.0481. The molecule has 0 fully saturated rings. The molecule has 0 aromatic heterocycles. The van der Waals surface area contributed by atoms with E-state index in [9.17, 15) is 4.39 Å². The van der Waals surface area contributed by atoms with Crippen LogP contribution < -0.4 is 0 Å². The lowest BCUT2D eigenvalue weighted by Crippen LogP contribution is -1.96. The van der Waals surface area contributed by atoms with Crippen LogP contribution in [0.5, 0.6) is 0 Å². The fourth-order valence-corrected chi connectivity index (χ4v) is 1.04. The molecular formula is C8H11F. The van der Waals surface area contributed by atoms with E-state index >= 15 is 0 Å². The summed E-state index contributed by atoms with van der Waals surface area (Å²) in [6.45, 7) is 3.93. The number of hydrogen-bond acceptors (Lipinski definition) is 0. The molecule has 1 aliphatic carbocycles. The van der Waals surface area contributed by atoms with E-state index in [-0.39, 0.29) is 5.83 Å². The lowest BCUT2D eigenvalue weighted by molar-refractivity contribution is 0.601. The summed E-state index contributed by atoms with van der Waals surface area (Å²) in [5.41, 5.74) is 0.880. The maximum Gasteiger partial charge on any atom is 0.121 e. The van der Waals surface area contributed by atoms with Crippen LogP contribution in [0.3, 0.4) is 0 Å². The van der Waals surface area contributed by atoms with Gasteiger partial charge in [0.15, 0.2) is 0 Å². The zero-order valence-corrected chi connectivity index (χ0v) is 5.82. The smallest absolute Gasteiger partial charge is 0.121 e. The average Bonchev–Trinajstić information content (AvgIpc) is 1.80. The molecule has 0 nitrogen and oxygen atoms in total. The Balaban J connectivity index is 2.75. The second kappa shape index (κ2) is 2.34. The first kappa shape index (κ1) is 6.53. The second-order valence-electron chi connectivity index (χ2n) is 2.67. The van der Waals surface area contributed by atoms with Crippen molar-refractivity contribution in [2.75, 3.05) is 0 Å². The zero-order valence-electron chi connectivity index (χ0n) is 5.82. The number of allylic oxidation sites excluding steroid dienone is 4. The van der Waals surface area contributed by atoms with Crippen LogP contribution in [-0.4, -0.2) is 0 Å². The topological polar surface area (TPSA) is 0 Å². The Morgan fingerprint density at radius 1 is 1.67 bits per heavy atom. The normalized spacial score (nSPS) is 27.2. The quantitative estimate of drug-likeness (QED) is 0.468. The third kappa shape index (κ3) is 1.41. The SMILES string of the molecule is CC1=C(F)C=C[C@H](C)C1. The summed E-state index contributed by atoms with van der Waals surface area (Å²) in [4.78, 5) is 0. The monoisotopic (exact) mass is 126 g/mol. The second-order valence-corrected chi connectivity index (χ2v) is 2.67. The first-order chi connectivity index (χ1) is 4.20.